The first-order chi connectivity index (χ1) is 11.5. The van der Waals surface area contributed by atoms with Gasteiger partial charge in [0.2, 0.25) is 11.8 Å². The molecule has 2 heterocycles. The minimum absolute atomic E-state index is 0.0299. The lowest BCUT2D eigenvalue weighted by Crippen LogP contribution is -2.32. The number of nitrogens with zero attached hydrogens (tertiary/aromatic N) is 2. The number of carbonyl (C=O) groups excluding carboxylic acids is 2. The summed E-state index contributed by atoms with van der Waals surface area (Å²) in [4.78, 5) is 26.4. The van der Waals surface area contributed by atoms with Crippen molar-refractivity contribution in [3.8, 4) is 0 Å². The molecule has 7 heteroatoms. The number of rotatable bonds is 4. The molecule has 3 rings (SSSR count). The van der Waals surface area contributed by atoms with Gasteiger partial charge in [0.05, 0.1) is 17.3 Å². The number of aromatic amines is 1. The monoisotopic (exact) mass is 390 g/mol. The fourth-order valence-electron chi connectivity index (χ4n) is 2.94. The fraction of sp³-hybridized carbons (Fsp3) is 0.353. The number of hydrogen-bond acceptors (Lipinski definition) is 3. The smallest absolute Gasteiger partial charge is 0.227 e. The lowest BCUT2D eigenvalue weighted by atomic mass is 10.1. The standard InChI is InChI=1S/C17H19BrN4O2/c1-10-13(11(2)21-20-10)8-19-17(24)12-7-16(23)22(9-12)15-6-4-3-5-14(15)18/h3-6,12H,7-9H2,1-2H3,(H,19,24)(H,20,21). The van der Waals surface area contributed by atoms with Gasteiger partial charge in [-0.15, -0.1) is 0 Å². The van der Waals surface area contributed by atoms with E-state index in [0.29, 0.717) is 13.1 Å². The van der Waals surface area contributed by atoms with Gasteiger partial charge >= 0.3 is 0 Å². The second kappa shape index (κ2) is 6.76. The summed E-state index contributed by atoms with van der Waals surface area (Å²) in [5.41, 5.74) is 3.63. The van der Waals surface area contributed by atoms with E-state index in [1.54, 1.807) is 4.90 Å². The van der Waals surface area contributed by atoms with Gasteiger partial charge in [0.25, 0.3) is 0 Å². The molecule has 0 radical (unpaired) electrons. The molecule has 2 amide bonds. The zero-order chi connectivity index (χ0) is 17.3. The number of carbonyl (C=O) groups is 2. The Morgan fingerprint density at radius 2 is 2.17 bits per heavy atom. The van der Waals surface area contributed by atoms with Gasteiger partial charge in [-0.1, -0.05) is 12.1 Å². The van der Waals surface area contributed by atoms with Crippen molar-refractivity contribution in [1.82, 2.24) is 15.5 Å². The molecule has 0 saturated carbocycles. The molecule has 2 N–H and O–H groups in total. The van der Waals surface area contributed by atoms with Crippen molar-refractivity contribution in [2.75, 3.05) is 11.4 Å². The topological polar surface area (TPSA) is 78.1 Å². The Bertz CT molecular complexity index is 767. The van der Waals surface area contributed by atoms with E-state index in [2.05, 4.69) is 31.4 Å². The molecule has 24 heavy (non-hydrogen) atoms. The van der Waals surface area contributed by atoms with Gasteiger partial charge in [0, 0.05) is 35.2 Å². The maximum Gasteiger partial charge on any atom is 0.227 e. The molecule has 1 atom stereocenters. The summed E-state index contributed by atoms with van der Waals surface area (Å²) in [6, 6.07) is 7.54. The first-order valence-corrected chi connectivity index (χ1v) is 8.59. The van der Waals surface area contributed by atoms with Crippen molar-refractivity contribution in [2.24, 2.45) is 5.92 Å². The van der Waals surface area contributed by atoms with Gasteiger partial charge in [-0.3, -0.25) is 14.7 Å². The average Bonchev–Trinajstić information content (AvgIpc) is 3.09. The summed E-state index contributed by atoms with van der Waals surface area (Å²) in [6.45, 7) is 4.65. The van der Waals surface area contributed by atoms with Gasteiger partial charge in [0.15, 0.2) is 0 Å². The number of aromatic nitrogens is 2. The Kier molecular flexibility index (Phi) is 4.71. The van der Waals surface area contributed by atoms with Gasteiger partial charge in [-0.05, 0) is 41.9 Å². The number of halogens is 1. The van der Waals surface area contributed by atoms with E-state index < -0.39 is 0 Å². The fourth-order valence-corrected chi connectivity index (χ4v) is 3.44. The van der Waals surface area contributed by atoms with Gasteiger partial charge in [-0.2, -0.15) is 5.10 Å². The van der Waals surface area contributed by atoms with E-state index in [1.807, 2.05) is 38.1 Å². The molecule has 1 aromatic carbocycles. The Balaban J connectivity index is 1.65. The molecule has 0 aliphatic carbocycles. The highest BCUT2D eigenvalue weighted by Crippen LogP contribution is 2.31. The predicted molar refractivity (Wildman–Crippen MR) is 94.5 cm³/mol. The molecular weight excluding hydrogens is 372 g/mol. The van der Waals surface area contributed by atoms with Crippen molar-refractivity contribution in [2.45, 2.75) is 26.8 Å². The van der Waals surface area contributed by atoms with Crippen LogP contribution in [0.5, 0.6) is 0 Å². The van der Waals surface area contributed by atoms with E-state index >= 15 is 0 Å². The zero-order valence-corrected chi connectivity index (χ0v) is 15.2. The number of nitrogens with one attached hydrogen (secondary N) is 2. The van der Waals surface area contributed by atoms with Crippen molar-refractivity contribution in [3.05, 3.63) is 45.7 Å². The average molecular weight is 391 g/mol. The maximum absolute atomic E-state index is 12.4. The number of benzene rings is 1. The predicted octanol–water partition coefficient (Wildman–Crippen LogP) is 2.46. The lowest BCUT2D eigenvalue weighted by Gasteiger charge is -2.18. The highest BCUT2D eigenvalue weighted by atomic mass is 79.9. The van der Waals surface area contributed by atoms with Crippen molar-refractivity contribution in [3.63, 3.8) is 0 Å². The number of anilines is 1. The summed E-state index contributed by atoms with van der Waals surface area (Å²) in [5, 5.41) is 9.95. The molecule has 1 aliphatic heterocycles. The van der Waals surface area contributed by atoms with Crippen LogP contribution < -0.4 is 10.2 Å². The van der Waals surface area contributed by atoms with E-state index in [9.17, 15) is 9.59 Å². The molecule has 6 nitrogen and oxygen atoms in total. The van der Waals surface area contributed by atoms with Crippen LogP contribution in [0.3, 0.4) is 0 Å². The molecule has 1 aliphatic rings. The van der Waals surface area contributed by atoms with Crippen LogP contribution in [-0.4, -0.2) is 28.6 Å². The molecule has 126 valence electrons. The maximum atomic E-state index is 12.4. The summed E-state index contributed by atoms with van der Waals surface area (Å²) < 4.78 is 0.851. The number of para-hydroxylation sites is 1. The minimum Gasteiger partial charge on any atom is -0.352 e. The van der Waals surface area contributed by atoms with Crippen LogP contribution in [0.2, 0.25) is 0 Å². The molecule has 1 fully saturated rings. The third-order valence-electron chi connectivity index (χ3n) is 4.36. The van der Waals surface area contributed by atoms with E-state index in [0.717, 1.165) is 27.1 Å². The van der Waals surface area contributed by atoms with Gasteiger partial charge in [-0.25, -0.2) is 0 Å². The number of hydrogen-bond donors (Lipinski definition) is 2. The molecule has 0 spiro atoms. The molecule has 1 aromatic heterocycles. The Morgan fingerprint density at radius 1 is 1.42 bits per heavy atom. The molecule has 2 aromatic rings. The Labute approximate surface area is 148 Å². The number of aryl methyl sites for hydroxylation is 2. The first kappa shape index (κ1) is 16.7. The van der Waals surface area contributed by atoms with Crippen LogP contribution in [0.25, 0.3) is 0 Å². The second-order valence-corrected chi connectivity index (χ2v) is 6.84. The van der Waals surface area contributed by atoms with Crippen molar-refractivity contribution >= 4 is 33.4 Å². The summed E-state index contributed by atoms with van der Waals surface area (Å²) in [7, 11) is 0. The zero-order valence-electron chi connectivity index (χ0n) is 13.6. The number of amides is 2. The molecule has 0 bridgehead atoms. The van der Waals surface area contributed by atoms with Gasteiger partial charge < -0.3 is 10.2 Å². The van der Waals surface area contributed by atoms with E-state index in [-0.39, 0.29) is 24.2 Å². The first-order valence-electron chi connectivity index (χ1n) is 7.80. The third-order valence-corrected chi connectivity index (χ3v) is 5.03. The Morgan fingerprint density at radius 3 is 2.83 bits per heavy atom. The lowest BCUT2D eigenvalue weighted by molar-refractivity contribution is -0.126. The van der Waals surface area contributed by atoms with Crippen LogP contribution >= 0.6 is 15.9 Å². The van der Waals surface area contributed by atoms with Crippen molar-refractivity contribution < 1.29 is 9.59 Å². The molecule has 1 unspecified atom stereocenters. The molecule has 1 saturated heterocycles. The van der Waals surface area contributed by atoms with Crippen LogP contribution in [0, 0.1) is 19.8 Å². The van der Waals surface area contributed by atoms with E-state index in [4.69, 9.17) is 0 Å². The summed E-state index contributed by atoms with van der Waals surface area (Å²) >= 11 is 3.46. The van der Waals surface area contributed by atoms with Gasteiger partial charge in [0.1, 0.15) is 0 Å². The third kappa shape index (κ3) is 3.21. The van der Waals surface area contributed by atoms with Crippen LogP contribution in [0.4, 0.5) is 5.69 Å². The number of H-pyrrole nitrogens is 1. The Hall–Kier alpha value is -2.15. The second-order valence-electron chi connectivity index (χ2n) is 5.99. The molecular formula is C17H19BrN4O2. The minimum atomic E-state index is -0.336. The summed E-state index contributed by atoms with van der Waals surface area (Å²) in [5.74, 6) is -0.465. The summed E-state index contributed by atoms with van der Waals surface area (Å²) in [6.07, 6.45) is 0.233. The van der Waals surface area contributed by atoms with Crippen molar-refractivity contribution in [1.29, 1.82) is 0 Å². The largest absolute Gasteiger partial charge is 0.352 e. The highest BCUT2D eigenvalue weighted by molar-refractivity contribution is 9.10. The quantitative estimate of drug-likeness (QED) is 0.841. The van der Waals surface area contributed by atoms with Crippen LogP contribution in [0.1, 0.15) is 23.4 Å². The van der Waals surface area contributed by atoms with Crippen LogP contribution in [-0.2, 0) is 16.1 Å². The highest BCUT2D eigenvalue weighted by Gasteiger charge is 2.35. The van der Waals surface area contributed by atoms with E-state index in [1.165, 1.54) is 0 Å². The normalized spacial score (nSPS) is 17.4. The SMILES string of the molecule is Cc1n[nH]c(C)c1CNC(=O)C1CC(=O)N(c2ccccc2Br)C1. The van der Waals surface area contributed by atoms with Crippen LogP contribution in [0.15, 0.2) is 28.7 Å².